The maximum absolute atomic E-state index is 5.46. The van der Waals surface area contributed by atoms with Gasteiger partial charge in [-0.15, -0.1) is 0 Å². The molecule has 1 N–H and O–H groups in total. The summed E-state index contributed by atoms with van der Waals surface area (Å²) in [5, 5.41) is 3.63. The minimum Gasteiger partial charge on any atom is -0.497 e. The van der Waals surface area contributed by atoms with Gasteiger partial charge in [0, 0.05) is 12.1 Å². The van der Waals surface area contributed by atoms with Crippen LogP contribution < -0.4 is 14.8 Å². The van der Waals surface area contributed by atoms with Crippen molar-refractivity contribution in [2.45, 2.75) is 46.1 Å². The summed E-state index contributed by atoms with van der Waals surface area (Å²) in [6, 6.07) is 6.62. The number of rotatable bonds is 9. The molecular formula is C17H29NO2. The summed E-state index contributed by atoms with van der Waals surface area (Å²) < 4.78 is 10.7. The molecule has 3 nitrogen and oxygen atoms in total. The number of hydrogen-bond acceptors (Lipinski definition) is 3. The van der Waals surface area contributed by atoms with E-state index < -0.39 is 0 Å². The lowest BCUT2D eigenvalue weighted by Crippen LogP contribution is -2.34. The first kappa shape index (κ1) is 16.8. The summed E-state index contributed by atoms with van der Waals surface area (Å²) in [6.07, 6.45) is 3.32. The average Bonchev–Trinajstić information content (AvgIpc) is 2.46. The minimum absolute atomic E-state index is 0.557. The molecule has 114 valence electrons. The third-order valence-electron chi connectivity index (χ3n) is 3.68. The van der Waals surface area contributed by atoms with Gasteiger partial charge in [-0.25, -0.2) is 0 Å². The van der Waals surface area contributed by atoms with Crippen LogP contribution >= 0.6 is 0 Å². The summed E-state index contributed by atoms with van der Waals surface area (Å²) in [5.41, 5.74) is 1.25. The van der Waals surface area contributed by atoms with E-state index >= 15 is 0 Å². The topological polar surface area (TPSA) is 30.5 Å². The Balaban J connectivity index is 2.67. The maximum atomic E-state index is 5.46. The van der Waals surface area contributed by atoms with E-state index in [1.165, 1.54) is 12.0 Å². The Morgan fingerprint density at radius 1 is 1.15 bits per heavy atom. The fourth-order valence-electron chi connectivity index (χ4n) is 2.37. The number of ether oxygens (including phenoxy) is 2. The number of methoxy groups -OCH3 is 2. The summed E-state index contributed by atoms with van der Waals surface area (Å²) >= 11 is 0. The SMILES string of the molecule is CCCNC(CCc1ccc(OC)cc1OC)C(C)C. The largest absolute Gasteiger partial charge is 0.497 e. The molecule has 1 aromatic rings. The highest BCUT2D eigenvalue weighted by Crippen LogP contribution is 2.26. The number of aryl methyl sites for hydroxylation is 1. The van der Waals surface area contributed by atoms with Gasteiger partial charge >= 0.3 is 0 Å². The van der Waals surface area contributed by atoms with Gasteiger partial charge in [-0.2, -0.15) is 0 Å². The number of hydrogen-bond donors (Lipinski definition) is 1. The predicted molar refractivity (Wildman–Crippen MR) is 84.8 cm³/mol. The molecule has 0 saturated carbocycles. The molecule has 1 aromatic carbocycles. The van der Waals surface area contributed by atoms with E-state index in [-0.39, 0.29) is 0 Å². The van der Waals surface area contributed by atoms with Crippen molar-refractivity contribution in [3.8, 4) is 11.5 Å². The molecule has 0 heterocycles. The zero-order chi connectivity index (χ0) is 15.0. The van der Waals surface area contributed by atoms with Gasteiger partial charge in [0.05, 0.1) is 14.2 Å². The van der Waals surface area contributed by atoms with Gasteiger partial charge in [0.25, 0.3) is 0 Å². The smallest absolute Gasteiger partial charge is 0.125 e. The highest BCUT2D eigenvalue weighted by molar-refractivity contribution is 5.40. The van der Waals surface area contributed by atoms with E-state index in [0.29, 0.717) is 12.0 Å². The molecule has 0 spiro atoms. The van der Waals surface area contributed by atoms with Crippen molar-refractivity contribution in [3.63, 3.8) is 0 Å². The Morgan fingerprint density at radius 2 is 1.90 bits per heavy atom. The van der Waals surface area contributed by atoms with Crippen molar-refractivity contribution in [2.75, 3.05) is 20.8 Å². The maximum Gasteiger partial charge on any atom is 0.125 e. The van der Waals surface area contributed by atoms with Crippen molar-refractivity contribution in [3.05, 3.63) is 23.8 Å². The van der Waals surface area contributed by atoms with Crippen molar-refractivity contribution in [2.24, 2.45) is 5.92 Å². The molecule has 0 bridgehead atoms. The molecule has 0 radical (unpaired) electrons. The summed E-state index contributed by atoms with van der Waals surface area (Å²) in [7, 11) is 3.39. The van der Waals surface area contributed by atoms with Crippen molar-refractivity contribution < 1.29 is 9.47 Å². The Labute approximate surface area is 123 Å². The molecule has 1 rings (SSSR count). The van der Waals surface area contributed by atoms with Crippen LogP contribution in [0.5, 0.6) is 11.5 Å². The highest BCUT2D eigenvalue weighted by Gasteiger charge is 2.14. The van der Waals surface area contributed by atoms with Crippen molar-refractivity contribution in [1.82, 2.24) is 5.32 Å². The van der Waals surface area contributed by atoms with Crippen LogP contribution in [-0.2, 0) is 6.42 Å². The Hall–Kier alpha value is -1.22. The number of nitrogens with one attached hydrogen (secondary N) is 1. The Kier molecular flexibility index (Phi) is 7.45. The molecule has 0 aliphatic carbocycles. The van der Waals surface area contributed by atoms with Crippen LogP contribution in [0.2, 0.25) is 0 Å². The van der Waals surface area contributed by atoms with E-state index in [1.807, 2.05) is 12.1 Å². The Bertz CT molecular complexity index is 391. The summed E-state index contributed by atoms with van der Waals surface area (Å²) in [4.78, 5) is 0. The normalized spacial score (nSPS) is 12.5. The molecule has 1 unspecified atom stereocenters. The Morgan fingerprint density at radius 3 is 2.45 bits per heavy atom. The van der Waals surface area contributed by atoms with Gasteiger partial charge in [0.1, 0.15) is 11.5 Å². The van der Waals surface area contributed by atoms with E-state index in [0.717, 1.165) is 30.9 Å². The first-order valence-corrected chi connectivity index (χ1v) is 7.56. The van der Waals surface area contributed by atoms with Gasteiger partial charge in [-0.3, -0.25) is 0 Å². The molecule has 0 fully saturated rings. The standard InChI is InChI=1S/C17H29NO2/c1-6-11-18-16(13(2)3)10-8-14-7-9-15(19-4)12-17(14)20-5/h7,9,12-13,16,18H,6,8,10-11H2,1-5H3. The second-order valence-corrected chi connectivity index (χ2v) is 5.52. The van der Waals surface area contributed by atoms with Gasteiger partial charge < -0.3 is 14.8 Å². The fourth-order valence-corrected chi connectivity index (χ4v) is 2.37. The molecule has 1 atom stereocenters. The van der Waals surface area contributed by atoms with Gasteiger partial charge in [0.2, 0.25) is 0 Å². The van der Waals surface area contributed by atoms with E-state index in [2.05, 4.69) is 32.2 Å². The minimum atomic E-state index is 0.557. The van der Waals surface area contributed by atoms with Gasteiger partial charge in [0.15, 0.2) is 0 Å². The second-order valence-electron chi connectivity index (χ2n) is 5.52. The molecule has 0 aliphatic rings. The first-order valence-electron chi connectivity index (χ1n) is 7.56. The number of benzene rings is 1. The summed E-state index contributed by atoms with van der Waals surface area (Å²) in [6.45, 7) is 7.84. The molecule has 0 saturated heterocycles. The quantitative estimate of drug-likeness (QED) is 0.748. The molecule has 3 heteroatoms. The van der Waals surface area contributed by atoms with Crippen molar-refractivity contribution >= 4 is 0 Å². The molecule has 0 amide bonds. The fraction of sp³-hybridized carbons (Fsp3) is 0.647. The van der Waals surface area contributed by atoms with Crippen LogP contribution in [0.4, 0.5) is 0 Å². The van der Waals surface area contributed by atoms with Crippen LogP contribution in [0.25, 0.3) is 0 Å². The lowest BCUT2D eigenvalue weighted by Gasteiger charge is -2.22. The van der Waals surface area contributed by atoms with Crippen LogP contribution in [0, 0.1) is 5.92 Å². The van der Waals surface area contributed by atoms with Crippen LogP contribution in [0.3, 0.4) is 0 Å². The molecule has 20 heavy (non-hydrogen) atoms. The first-order chi connectivity index (χ1) is 9.62. The molecule has 0 aliphatic heterocycles. The van der Waals surface area contributed by atoms with E-state index in [1.54, 1.807) is 14.2 Å². The third-order valence-corrected chi connectivity index (χ3v) is 3.68. The molecular weight excluding hydrogens is 250 g/mol. The van der Waals surface area contributed by atoms with Crippen LogP contribution in [0.15, 0.2) is 18.2 Å². The third kappa shape index (κ3) is 5.04. The zero-order valence-corrected chi connectivity index (χ0v) is 13.5. The average molecular weight is 279 g/mol. The molecule has 0 aromatic heterocycles. The van der Waals surface area contributed by atoms with Gasteiger partial charge in [-0.1, -0.05) is 26.8 Å². The van der Waals surface area contributed by atoms with Crippen molar-refractivity contribution in [1.29, 1.82) is 0 Å². The van der Waals surface area contributed by atoms with Crippen LogP contribution in [-0.4, -0.2) is 26.8 Å². The van der Waals surface area contributed by atoms with Gasteiger partial charge in [-0.05, 0) is 43.4 Å². The van der Waals surface area contributed by atoms with Crippen LogP contribution in [0.1, 0.15) is 39.2 Å². The highest BCUT2D eigenvalue weighted by atomic mass is 16.5. The van der Waals surface area contributed by atoms with E-state index in [9.17, 15) is 0 Å². The monoisotopic (exact) mass is 279 g/mol. The second kappa shape index (κ2) is 8.85. The lowest BCUT2D eigenvalue weighted by atomic mass is 9.96. The van der Waals surface area contributed by atoms with E-state index in [4.69, 9.17) is 9.47 Å². The lowest BCUT2D eigenvalue weighted by molar-refractivity contribution is 0.369. The predicted octanol–water partition coefficient (Wildman–Crippen LogP) is 3.66. The zero-order valence-electron chi connectivity index (χ0n) is 13.5. The summed E-state index contributed by atoms with van der Waals surface area (Å²) in [5.74, 6) is 2.41.